The van der Waals surface area contributed by atoms with Crippen molar-refractivity contribution < 1.29 is 18.0 Å². The van der Waals surface area contributed by atoms with E-state index in [-0.39, 0.29) is 16.0 Å². The molecule has 7 heteroatoms. The minimum Gasteiger partial charge on any atom is -0.329 e. The summed E-state index contributed by atoms with van der Waals surface area (Å²) in [6.07, 6.45) is 0. The van der Waals surface area contributed by atoms with Gasteiger partial charge in [-0.05, 0) is 36.4 Å². The van der Waals surface area contributed by atoms with E-state index in [2.05, 4.69) is 5.32 Å². The Labute approximate surface area is 167 Å². The highest BCUT2D eigenvalue weighted by Crippen LogP contribution is 2.21. The Bertz CT molecular complexity index is 1080. The molecule has 0 aliphatic rings. The van der Waals surface area contributed by atoms with Crippen LogP contribution < -0.4 is 5.32 Å². The molecule has 0 bridgehead atoms. The van der Waals surface area contributed by atoms with Crippen molar-refractivity contribution in [3.63, 3.8) is 0 Å². The van der Waals surface area contributed by atoms with E-state index < -0.39 is 26.9 Å². The Morgan fingerprint density at radius 1 is 0.750 bits per heavy atom. The Morgan fingerprint density at radius 3 is 1.79 bits per heavy atom. The summed E-state index contributed by atoms with van der Waals surface area (Å²) in [6, 6.07) is 21.5. The SMILES string of the molecule is O=C(NC(C(=O)c1ccccc1)S(=O)(=O)c1ccc(Cl)cc1)c1ccccc1. The predicted molar refractivity (Wildman–Crippen MR) is 107 cm³/mol. The first-order chi connectivity index (χ1) is 13.4. The van der Waals surface area contributed by atoms with Crippen molar-refractivity contribution in [2.45, 2.75) is 10.3 Å². The third-order valence-electron chi connectivity index (χ3n) is 4.05. The molecule has 28 heavy (non-hydrogen) atoms. The van der Waals surface area contributed by atoms with E-state index >= 15 is 0 Å². The lowest BCUT2D eigenvalue weighted by molar-refractivity contribution is 0.0888. The molecule has 1 amide bonds. The first-order valence-corrected chi connectivity index (χ1v) is 10.3. The molecule has 0 saturated carbocycles. The van der Waals surface area contributed by atoms with E-state index in [4.69, 9.17) is 11.6 Å². The van der Waals surface area contributed by atoms with Crippen molar-refractivity contribution >= 4 is 33.1 Å². The summed E-state index contributed by atoms with van der Waals surface area (Å²) < 4.78 is 26.3. The summed E-state index contributed by atoms with van der Waals surface area (Å²) in [4.78, 5) is 25.4. The van der Waals surface area contributed by atoms with Gasteiger partial charge in [-0.2, -0.15) is 0 Å². The quantitative estimate of drug-likeness (QED) is 0.624. The fraction of sp³-hybridized carbons (Fsp3) is 0.0476. The van der Waals surface area contributed by atoms with Crippen molar-refractivity contribution in [3.05, 3.63) is 101 Å². The molecule has 1 unspecified atom stereocenters. The average molecular weight is 414 g/mol. The Morgan fingerprint density at radius 2 is 1.25 bits per heavy atom. The number of carbonyl (C=O) groups excluding carboxylic acids is 2. The van der Waals surface area contributed by atoms with Crippen LogP contribution in [0.1, 0.15) is 20.7 Å². The number of benzene rings is 3. The predicted octanol–water partition coefficient (Wildman–Crippen LogP) is 3.75. The minimum absolute atomic E-state index is 0.112. The van der Waals surface area contributed by atoms with E-state index in [0.29, 0.717) is 5.02 Å². The number of rotatable bonds is 6. The van der Waals surface area contributed by atoms with Crippen molar-refractivity contribution in [3.8, 4) is 0 Å². The topological polar surface area (TPSA) is 80.3 Å². The maximum absolute atomic E-state index is 13.1. The molecular weight excluding hydrogens is 398 g/mol. The van der Waals surface area contributed by atoms with Crippen LogP contribution in [0, 0.1) is 0 Å². The Kier molecular flexibility index (Phi) is 5.92. The summed E-state index contributed by atoms with van der Waals surface area (Å²) in [5.41, 5.74) is 0.429. The first-order valence-electron chi connectivity index (χ1n) is 8.34. The van der Waals surface area contributed by atoms with E-state index in [1.165, 1.54) is 48.5 Å². The highest BCUT2D eigenvalue weighted by atomic mass is 35.5. The van der Waals surface area contributed by atoms with Gasteiger partial charge in [0.2, 0.25) is 15.6 Å². The number of hydrogen-bond acceptors (Lipinski definition) is 4. The van der Waals surface area contributed by atoms with Crippen molar-refractivity contribution in [1.29, 1.82) is 0 Å². The fourth-order valence-corrected chi connectivity index (χ4v) is 4.18. The van der Waals surface area contributed by atoms with Gasteiger partial charge in [-0.1, -0.05) is 60.1 Å². The van der Waals surface area contributed by atoms with Crippen LogP contribution in [-0.4, -0.2) is 25.5 Å². The molecular formula is C21H16ClNO4S. The number of amides is 1. The fourth-order valence-electron chi connectivity index (χ4n) is 2.59. The van der Waals surface area contributed by atoms with E-state index in [0.717, 1.165) is 0 Å². The summed E-state index contributed by atoms with van der Waals surface area (Å²) in [5.74, 6) is -1.38. The zero-order valence-corrected chi connectivity index (χ0v) is 16.2. The van der Waals surface area contributed by atoms with Gasteiger partial charge >= 0.3 is 0 Å². The second-order valence-corrected chi connectivity index (χ2v) is 8.42. The van der Waals surface area contributed by atoms with Gasteiger partial charge in [-0.15, -0.1) is 0 Å². The third-order valence-corrected chi connectivity index (χ3v) is 6.18. The molecule has 0 aliphatic heterocycles. The lowest BCUT2D eigenvalue weighted by atomic mass is 10.1. The van der Waals surface area contributed by atoms with Crippen LogP contribution >= 0.6 is 11.6 Å². The van der Waals surface area contributed by atoms with Gasteiger partial charge in [0.25, 0.3) is 5.91 Å². The lowest BCUT2D eigenvalue weighted by Gasteiger charge is -2.19. The maximum atomic E-state index is 13.1. The number of carbonyl (C=O) groups is 2. The molecule has 0 aromatic heterocycles. The van der Waals surface area contributed by atoms with Gasteiger partial charge in [0.1, 0.15) is 0 Å². The molecule has 3 aromatic carbocycles. The van der Waals surface area contributed by atoms with E-state index in [9.17, 15) is 18.0 Å². The van der Waals surface area contributed by atoms with Crippen LogP contribution in [0.3, 0.4) is 0 Å². The largest absolute Gasteiger partial charge is 0.329 e. The molecule has 3 aromatic rings. The molecule has 1 N–H and O–H groups in total. The number of sulfone groups is 1. The van der Waals surface area contributed by atoms with Crippen LogP contribution in [-0.2, 0) is 9.84 Å². The van der Waals surface area contributed by atoms with Crippen molar-refractivity contribution in [2.24, 2.45) is 0 Å². The molecule has 0 spiro atoms. The molecule has 142 valence electrons. The highest BCUT2D eigenvalue weighted by Gasteiger charge is 2.36. The first kappa shape index (κ1) is 19.8. The summed E-state index contributed by atoms with van der Waals surface area (Å²) in [5, 5.41) is 0.961. The summed E-state index contributed by atoms with van der Waals surface area (Å²) in [6.45, 7) is 0. The second kappa shape index (κ2) is 8.37. The number of halogens is 1. The molecule has 0 heterocycles. The Balaban J connectivity index is 2.02. The van der Waals surface area contributed by atoms with Gasteiger partial charge in [-0.3, -0.25) is 9.59 Å². The van der Waals surface area contributed by atoms with Gasteiger partial charge in [-0.25, -0.2) is 8.42 Å². The van der Waals surface area contributed by atoms with Crippen LogP contribution in [0.5, 0.6) is 0 Å². The van der Waals surface area contributed by atoms with E-state index in [1.807, 2.05) is 0 Å². The molecule has 5 nitrogen and oxygen atoms in total. The zero-order valence-electron chi connectivity index (χ0n) is 14.6. The number of ketones is 1. The summed E-state index contributed by atoms with van der Waals surface area (Å²) >= 11 is 5.83. The Hall–Kier alpha value is -2.96. The lowest BCUT2D eigenvalue weighted by Crippen LogP contribution is -2.46. The average Bonchev–Trinajstić information content (AvgIpc) is 2.73. The zero-order chi connectivity index (χ0) is 20.1. The van der Waals surface area contributed by atoms with Crippen LogP contribution in [0.2, 0.25) is 5.02 Å². The van der Waals surface area contributed by atoms with Crippen molar-refractivity contribution in [2.75, 3.05) is 0 Å². The summed E-state index contributed by atoms with van der Waals surface area (Å²) in [7, 11) is -4.21. The van der Waals surface area contributed by atoms with Gasteiger partial charge in [0, 0.05) is 16.1 Å². The van der Waals surface area contributed by atoms with E-state index in [1.54, 1.807) is 36.4 Å². The smallest absolute Gasteiger partial charge is 0.252 e. The van der Waals surface area contributed by atoms with Gasteiger partial charge in [0.05, 0.1) is 4.90 Å². The van der Waals surface area contributed by atoms with Crippen LogP contribution in [0.25, 0.3) is 0 Å². The molecule has 0 radical (unpaired) electrons. The maximum Gasteiger partial charge on any atom is 0.252 e. The third kappa shape index (κ3) is 4.30. The number of nitrogens with one attached hydrogen (secondary N) is 1. The standard InChI is InChI=1S/C21H16ClNO4S/c22-17-11-13-18(14-12-17)28(26,27)21(19(24)15-7-3-1-4-8-15)23-20(25)16-9-5-2-6-10-16/h1-14,21H,(H,23,25). The molecule has 3 rings (SSSR count). The van der Waals surface area contributed by atoms with Crippen LogP contribution in [0.15, 0.2) is 89.8 Å². The molecule has 0 saturated heterocycles. The van der Waals surface area contributed by atoms with Gasteiger partial charge < -0.3 is 5.32 Å². The molecule has 0 aliphatic carbocycles. The normalized spacial score (nSPS) is 12.2. The number of Topliss-reactive ketones (excluding diaryl/α,β-unsaturated/α-hetero) is 1. The monoisotopic (exact) mass is 413 g/mol. The van der Waals surface area contributed by atoms with Crippen LogP contribution in [0.4, 0.5) is 0 Å². The second-order valence-electron chi connectivity index (χ2n) is 5.95. The van der Waals surface area contributed by atoms with Crippen molar-refractivity contribution in [1.82, 2.24) is 5.32 Å². The minimum atomic E-state index is -4.21. The number of hydrogen-bond donors (Lipinski definition) is 1. The highest BCUT2D eigenvalue weighted by molar-refractivity contribution is 7.92. The molecule has 0 fully saturated rings. The molecule has 1 atom stereocenters. The van der Waals surface area contributed by atoms with Gasteiger partial charge in [0.15, 0.2) is 5.37 Å².